The highest BCUT2D eigenvalue weighted by Crippen LogP contribution is 2.27. The summed E-state index contributed by atoms with van der Waals surface area (Å²) in [7, 11) is 0. The first-order chi connectivity index (χ1) is 6.65. The van der Waals surface area contributed by atoms with Crippen molar-refractivity contribution in [2.45, 2.75) is 18.9 Å². The highest BCUT2D eigenvalue weighted by molar-refractivity contribution is 6.42. The van der Waals surface area contributed by atoms with Gasteiger partial charge in [0.15, 0.2) is 0 Å². The summed E-state index contributed by atoms with van der Waals surface area (Å²) in [5.74, 6) is 0. The zero-order valence-electron chi connectivity index (χ0n) is 7.41. The fraction of sp³-hybridized carbons (Fsp3) is 0.300. The Kier molecular flexibility index (Phi) is 4.39. The molecule has 0 saturated heterocycles. The lowest BCUT2D eigenvalue weighted by Gasteiger charge is -2.09. The van der Waals surface area contributed by atoms with E-state index in [0.717, 1.165) is 6.29 Å². The maximum atomic E-state index is 10.1. The molecule has 0 amide bonds. The van der Waals surface area contributed by atoms with E-state index in [4.69, 9.17) is 23.2 Å². The monoisotopic (exact) mass is 232 g/mol. The molecule has 1 aromatic rings. The van der Waals surface area contributed by atoms with Crippen LogP contribution in [0.4, 0.5) is 0 Å². The summed E-state index contributed by atoms with van der Waals surface area (Å²) in [5, 5.41) is 10.5. The van der Waals surface area contributed by atoms with E-state index in [1.807, 2.05) is 0 Å². The van der Waals surface area contributed by atoms with Gasteiger partial charge in [0.2, 0.25) is 0 Å². The van der Waals surface area contributed by atoms with Gasteiger partial charge in [-0.3, -0.25) is 0 Å². The van der Waals surface area contributed by atoms with Gasteiger partial charge in [-0.15, -0.1) is 0 Å². The van der Waals surface area contributed by atoms with E-state index in [1.54, 1.807) is 18.2 Å². The van der Waals surface area contributed by atoms with Crippen LogP contribution in [-0.4, -0.2) is 11.4 Å². The lowest BCUT2D eigenvalue weighted by Crippen LogP contribution is -1.97. The van der Waals surface area contributed by atoms with Crippen LogP contribution in [0.2, 0.25) is 10.0 Å². The molecule has 0 fully saturated rings. The maximum Gasteiger partial charge on any atom is 0.120 e. The second-order valence-corrected chi connectivity index (χ2v) is 3.75. The minimum atomic E-state index is -0.657. The summed E-state index contributed by atoms with van der Waals surface area (Å²) in [6.07, 6.45) is 0.860. The van der Waals surface area contributed by atoms with Crippen molar-refractivity contribution in [2.24, 2.45) is 0 Å². The molecule has 0 aliphatic rings. The smallest absolute Gasteiger partial charge is 0.120 e. The quantitative estimate of drug-likeness (QED) is 0.811. The standard InChI is InChI=1S/C10H10Cl2O2/c11-8-4-3-7(6-9(8)12)10(14)2-1-5-13/h3-6,10,14H,1-2H2. The highest BCUT2D eigenvalue weighted by Gasteiger charge is 2.08. The van der Waals surface area contributed by atoms with E-state index < -0.39 is 6.10 Å². The SMILES string of the molecule is O=CCCC(O)c1ccc(Cl)c(Cl)c1. The largest absolute Gasteiger partial charge is 0.388 e. The number of aliphatic hydroxyl groups excluding tert-OH is 1. The molecule has 76 valence electrons. The summed E-state index contributed by atoms with van der Waals surface area (Å²) < 4.78 is 0. The second-order valence-electron chi connectivity index (χ2n) is 2.93. The molecule has 0 bridgehead atoms. The maximum absolute atomic E-state index is 10.1. The molecule has 1 aromatic carbocycles. The molecule has 2 nitrogen and oxygen atoms in total. The Balaban J connectivity index is 2.75. The number of rotatable bonds is 4. The summed E-state index contributed by atoms with van der Waals surface area (Å²) in [4.78, 5) is 10.1. The first-order valence-corrected chi connectivity index (χ1v) is 4.97. The fourth-order valence-electron chi connectivity index (χ4n) is 1.11. The Morgan fingerprint density at radius 3 is 2.64 bits per heavy atom. The minimum Gasteiger partial charge on any atom is -0.388 e. The van der Waals surface area contributed by atoms with Gasteiger partial charge < -0.3 is 9.90 Å². The zero-order chi connectivity index (χ0) is 10.6. The van der Waals surface area contributed by atoms with Crippen LogP contribution in [0, 0.1) is 0 Å². The Hall–Kier alpha value is -0.570. The predicted octanol–water partition coefficient (Wildman–Crippen LogP) is 3.01. The number of hydrogen-bond donors (Lipinski definition) is 1. The van der Waals surface area contributed by atoms with Gasteiger partial charge in [-0.2, -0.15) is 0 Å². The van der Waals surface area contributed by atoms with Crippen LogP contribution in [-0.2, 0) is 4.79 Å². The molecule has 14 heavy (non-hydrogen) atoms. The first-order valence-electron chi connectivity index (χ1n) is 4.22. The van der Waals surface area contributed by atoms with Gasteiger partial charge in [0, 0.05) is 6.42 Å². The topological polar surface area (TPSA) is 37.3 Å². The van der Waals surface area contributed by atoms with E-state index >= 15 is 0 Å². The van der Waals surface area contributed by atoms with Crippen molar-refractivity contribution >= 4 is 29.5 Å². The highest BCUT2D eigenvalue weighted by atomic mass is 35.5. The molecule has 0 saturated carbocycles. The third kappa shape index (κ3) is 2.98. The molecule has 0 aromatic heterocycles. The first kappa shape index (κ1) is 11.5. The third-order valence-corrected chi connectivity index (χ3v) is 2.63. The Bertz CT molecular complexity index is 326. The Morgan fingerprint density at radius 2 is 2.07 bits per heavy atom. The molecule has 0 spiro atoms. The van der Waals surface area contributed by atoms with Crippen molar-refractivity contribution in [3.8, 4) is 0 Å². The number of halogens is 2. The summed E-state index contributed by atoms with van der Waals surface area (Å²) in [6.45, 7) is 0. The van der Waals surface area contributed by atoms with E-state index in [-0.39, 0.29) is 0 Å². The second kappa shape index (κ2) is 5.35. The van der Waals surface area contributed by atoms with Crippen LogP contribution in [0.5, 0.6) is 0 Å². The molecule has 0 heterocycles. The van der Waals surface area contributed by atoms with Crippen LogP contribution >= 0.6 is 23.2 Å². The van der Waals surface area contributed by atoms with Crippen molar-refractivity contribution in [1.29, 1.82) is 0 Å². The van der Waals surface area contributed by atoms with Crippen molar-refractivity contribution in [1.82, 2.24) is 0 Å². The average molecular weight is 233 g/mol. The molecule has 0 aliphatic carbocycles. The number of carbonyl (C=O) groups is 1. The third-order valence-electron chi connectivity index (χ3n) is 1.89. The normalized spacial score (nSPS) is 12.5. The molecule has 1 atom stereocenters. The minimum absolute atomic E-state index is 0.335. The number of aliphatic hydroxyl groups is 1. The van der Waals surface area contributed by atoms with Gasteiger partial charge in [0.05, 0.1) is 16.1 Å². The Morgan fingerprint density at radius 1 is 1.36 bits per heavy atom. The van der Waals surface area contributed by atoms with Gasteiger partial charge >= 0.3 is 0 Å². The van der Waals surface area contributed by atoms with Crippen LogP contribution in [0.1, 0.15) is 24.5 Å². The van der Waals surface area contributed by atoms with Crippen LogP contribution < -0.4 is 0 Å². The molecule has 1 rings (SSSR count). The predicted molar refractivity (Wildman–Crippen MR) is 56.7 cm³/mol. The van der Waals surface area contributed by atoms with Crippen LogP contribution in [0.25, 0.3) is 0 Å². The number of hydrogen-bond acceptors (Lipinski definition) is 2. The molecule has 0 radical (unpaired) electrons. The lowest BCUT2D eigenvalue weighted by atomic mass is 10.1. The summed E-state index contributed by atoms with van der Waals surface area (Å²) in [6, 6.07) is 4.94. The van der Waals surface area contributed by atoms with Gasteiger partial charge in [-0.25, -0.2) is 0 Å². The summed E-state index contributed by atoms with van der Waals surface area (Å²) >= 11 is 11.5. The van der Waals surface area contributed by atoms with E-state index in [2.05, 4.69) is 0 Å². The molecular formula is C10H10Cl2O2. The number of aldehydes is 1. The zero-order valence-corrected chi connectivity index (χ0v) is 8.92. The number of benzene rings is 1. The molecule has 1 unspecified atom stereocenters. The van der Waals surface area contributed by atoms with Gasteiger partial charge in [-0.1, -0.05) is 29.3 Å². The van der Waals surface area contributed by atoms with Gasteiger partial charge in [0.25, 0.3) is 0 Å². The van der Waals surface area contributed by atoms with Crippen molar-refractivity contribution in [3.63, 3.8) is 0 Å². The van der Waals surface area contributed by atoms with Gasteiger partial charge in [0.1, 0.15) is 6.29 Å². The van der Waals surface area contributed by atoms with E-state index in [0.29, 0.717) is 28.5 Å². The number of carbonyl (C=O) groups excluding carboxylic acids is 1. The molecular weight excluding hydrogens is 223 g/mol. The Labute approximate surface area is 92.5 Å². The average Bonchev–Trinajstić information content (AvgIpc) is 2.18. The van der Waals surface area contributed by atoms with Crippen molar-refractivity contribution in [2.75, 3.05) is 0 Å². The molecule has 4 heteroatoms. The fourth-order valence-corrected chi connectivity index (χ4v) is 1.42. The summed E-state index contributed by atoms with van der Waals surface area (Å²) in [5.41, 5.74) is 0.682. The van der Waals surface area contributed by atoms with Gasteiger partial charge in [-0.05, 0) is 24.1 Å². The van der Waals surface area contributed by atoms with E-state index in [1.165, 1.54) is 0 Å². The van der Waals surface area contributed by atoms with E-state index in [9.17, 15) is 9.90 Å². The molecule has 0 aliphatic heterocycles. The lowest BCUT2D eigenvalue weighted by molar-refractivity contribution is -0.108. The van der Waals surface area contributed by atoms with Crippen molar-refractivity contribution in [3.05, 3.63) is 33.8 Å². The van der Waals surface area contributed by atoms with Crippen LogP contribution in [0.15, 0.2) is 18.2 Å². The van der Waals surface area contributed by atoms with Crippen molar-refractivity contribution < 1.29 is 9.90 Å². The van der Waals surface area contributed by atoms with Crippen LogP contribution in [0.3, 0.4) is 0 Å². The molecule has 1 N–H and O–H groups in total.